The molecule has 16 heavy (non-hydrogen) atoms. The van der Waals surface area contributed by atoms with Crippen LogP contribution in [0.25, 0.3) is 5.65 Å². The van der Waals surface area contributed by atoms with Crippen LogP contribution in [0.15, 0.2) is 24.4 Å². The summed E-state index contributed by atoms with van der Waals surface area (Å²) < 4.78 is 6.53. The fourth-order valence-electron chi connectivity index (χ4n) is 1.67. The van der Waals surface area contributed by atoms with Gasteiger partial charge in [-0.1, -0.05) is 6.07 Å². The molecule has 0 radical (unpaired) electrons. The Morgan fingerprint density at radius 2 is 2.38 bits per heavy atom. The fourth-order valence-corrected chi connectivity index (χ4v) is 1.67. The number of carbonyl (C=O) groups is 1. The van der Waals surface area contributed by atoms with Crippen molar-refractivity contribution in [3.05, 3.63) is 35.8 Å². The van der Waals surface area contributed by atoms with Crippen molar-refractivity contribution in [2.75, 3.05) is 14.2 Å². The Balaban J connectivity index is 2.63. The van der Waals surface area contributed by atoms with Gasteiger partial charge in [-0.2, -0.15) is 0 Å². The molecule has 2 heterocycles. The molecule has 0 amide bonds. The monoisotopic (exact) mass is 219 g/mol. The lowest BCUT2D eigenvalue weighted by Gasteiger charge is -2.06. The Bertz CT molecular complexity index is 519. The summed E-state index contributed by atoms with van der Waals surface area (Å²) in [5.41, 5.74) is 2.16. The Morgan fingerprint density at radius 3 is 3.06 bits per heavy atom. The van der Waals surface area contributed by atoms with Crippen LogP contribution in [0.2, 0.25) is 0 Å². The normalized spacial score (nSPS) is 10.6. The molecule has 84 valence electrons. The minimum Gasteiger partial charge on any atom is -0.464 e. The minimum atomic E-state index is -0.360. The Hall–Kier alpha value is -1.88. The number of methoxy groups -OCH3 is 1. The molecule has 0 fully saturated rings. The van der Waals surface area contributed by atoms with Crippen molar-refractivity contribution in [3.8, 4) is 0 Å². The number of pyridine rings is 1. The van der Waals surface area contributed by atoms with Crippen LogP contribution in [0.1, 0.15) is 16.2 Å². The van der Waals surface area contributed by atoms with E-state index in [1.165, 1.54) is 7.11 Å². The third kappa shape index (κ3) is 1.65. The summed E-state index contributed by atoms with van der Waals surface area (Å²) in [5.74, 6) is -0.360. The zero-order valence-corrected chi connectivity index (χ0v) is 9.23. The number of aromatic nitrogens is 2. The Labute approximate surface area is 93.1 Å². The van der Waals surface area contributed by atoms with Gasteiger partial charge in [-0.15, -0.1) is 0 Å². The highest BCUT2D eigenvalue weighted by Crippen LogP contribution is 2.11. The number of imidazole rings is 1. The molecule has 2 aromatic heterocycles. The molecule has 0 aliphatic carbocycles. The van der Waals surface area contributed by atoms with Gasteiger partial charge in [-0.3, -0.25) is 4.40 Å². The maximum atomic E-state index is 11.6. The molecule has 0 saturated carbocycles. The maximum Gasteiger partial charge on any atom is 0.355 e. The number of hydrogen-bond acceptors (Lipinski definition) is 4. The topological polar surface area (TPSA) is 55.6 Å². The van der Waals surface area contributed by atoms with E-state index in [9.17, 15) is 4.79 Å². The van der Waals surface area contributed by atoms with Crippen LogP contribution in [0, 0.1) is 0 Å². The van der Waals surface area contributed by atoms with Gasteiger partial charge in [0.1, 0.15) is 11.3 Å². The van der Waals surface area contributed by atoms with E-state index < -0.39 is 0 Å². The van der Waals surface area contributed by atoms with E-state index in [1.807, 2.05) is 13.1 Å². The molecule has 2 rings (SSSR count). The van der Waals surface area contributed by atoms with E-state index in [4.69, 9.17) is 4.74 Å². The first kappa shape index (κ1) is 10.6. The fraction of sp³-hybridized carbons (Fsp3) is 0.273. The predicted octanol–water partition coefficient (Wildman–Crippen LogP) is 0.840. The second kappa shape index (κ2) is 4.32. The third-order valence-corrected chi connectivity index (χ3v) is 2.35. The first-order valence-electron chi connectivity index (χ1n) is 4.96. The van der Waals surface area contributed by atoms with Crippen LogP contribution < -0.4 is 5.32 Å². The van der Waals surface area contributed by atoms with Crippen LogP contribution in [-0.2, 0) is 11.3 Å². The molecule has 0 aliphatic rings. The summed E-state index contributed by atoms with van der Waals surface area (Å²) in [7, 11) is 3.22. The number of esters is 1. The third-order valence-electron chi connectivity index (χ3n) is 2.35. The van der Waals surface area contributed by atoms with Gasteiger partial charge in [0, 0.05) is 6.54 Å². The summed E-state index contributed by atoms with van der Waals surface area (Å²) in [6.45, 7) is 0.648. The zero-order valence-electron chi connectivity index (χ0n) is 9.23. The summed E-state index contributed by atoms with van der Waals surface area (Å²) >= 11 is 0. The first-order chi connectivity index (χ1) is 7.77. The van der Waals surface area contributed by atoms with Gasteiger partial charge in [0.2, 0.25) is 0 Å². The van der Waals surface area contributed by atoms with Gasteiger partial charge >= 0.3 is 5.97 Å². The van der Waals surface area contributed by atoms with Gasteiger partial charge < -0.3 is 10.1 Å². The van der Waals surface area contributed by atoms with Gasteiger partial charge in [0.15, 0.2) is 0 Å². The molecule has 0 saturated heterocycles. The molecule has 0 spiro atoms. The first-order valence-corrected chi connectivity index (χ1v) is 4.96. The van der Waals surface area contributed by atoms with Crippen molar-refractivity contribution in [3.63, 3.8) is 0 Å². The van der Waals surface area contributed by atoms with E-state index in [0.717, 1.165) is 11.3 Å². The average molecular weight is 219 g/mol. The van der Waals surface area contributed by atoms with Crippen LogP contribution in [0.3, 0.4) is 0 Å². The standard InChI is InChI=1S/C11H13N3O2/c1-12-6-8-7-13-10-5-3-4-9(14(8)10)11(15)16-2/h3-5,7,12H,6H2,1-2H3. The molecule has 5 nitrogen and oxygen atoms in total. The second-order valence-electron chi connectivity index (χ2n) is 3.38. The van der Waals surface area contributed by atoms with Crippen LogP contribution in [0.4, 0.5) is 0 Å². The number of rotatable bonds is 3. The lowest BCUT2D eigenvalue weighted by molar-refractivity contribution is 0.0592. The minimum absolute atomic E-state index is 0.360. The summed E-state index contributed by atoms with van der Waals surface area (Å²) in [6, 6.07) is 5.36. The van der Waals surface area contributed by atoms with E-state index in [1.54, 1.807) is 22.7 Å². The molecule has 0 aromatic carbocycles. The zero-order chi connectivity index (χ0) is 11.5. The SMILES string of the molecule is CNCc1cnc2cccc(C(=O)OC)n12. The molecule has 0 atom stereocenters. The van der Waals surface area contributed by atoms with E-state index in [2.05, 4.69) is 10.3 Å². The number of nitrogens with zero attached hydrogens (tertiary/aromatic N) is 2. The largest absolute Gasteiger partial charge is 0.464 e. The highest BCUT2D eigenvalue weighted by Gasteiger charge is 2.13. The van der Waals surface area contributed by atoms with Gasteiger partial charge in [-0.05, 0) is 19.2 Å². The molecule has 0 bridgehead atoms. The van der Waals surface area contributed by atoms with Gasteiger partial charge in [0.05, 0.1) is 19.0 Å². The highest BCUT2D eigenvalue weighted by atomic mass is 16.5. The van der Waals surface area contributed by atoms with Gasteiger partial charge in [-0.25, -0.2) is 9.78 Å². The van der Waals surface area contributed by atoms with Crippen molar-refractivity contribution in [2.24, 2.45) is 0 Å². The summed E-state index contributed by atoms with van der Waals surface area (Å²) in [6.07, 6.45) is 1.75. The molecular weight excluding hydrogens is 206 g/mol. The molecule has 0 unspecified atom stereocenters. The molecule has 2 aromatic rings. The Morgan fingerprint density at radius 1 is 1.56 bits per heavy atom. The van der Waals surface area contributed by atoms with Crippen molar-refractivity contribution in [1.82, 2.24) is 14.7 Å². The maximum absolute atomic E-state index is 11.6. The molecular formula is C11H13N3O2. The van der Waals surface area contributed by atoms with Crippen molar-refractivity contribution in [1.29, 1.82) is 0 Å². The van der Waals surface area contributed by atoms with Gasteiger partial charge in [0.25, 0.3) is 0 Å². The predicted molar refractivity (Wildman–Crippen MR) is 59.3 cm³/mol. The van der Waals surface area contributed by atoms with E-state index in [-0.39, 0.29) is 5.97 Å². The summed E-state index contributed by atoms with van der Waals surface area (Å²) in [5, 5.41) is 3.03. The number of fused-ring (bicyclic) bond motifs is 1. The van der Waals surface area contributed by atoms with Crippen LogP contribution >= 0.6 is 0 Å². The average Bonchev–Trinajstić information content (AvgIpc) is 2.72. The van der Waals surface area contributed by atoms with E-state index >= 15 is 0 Å². The highest BCUT2D eigenvalue weighted by molar-refractivity contribution is 5.88. The Kier molecular flexibility index (Phi) is 2.87. The molecule has 0 aliphatic heterocycles. The lowest BCUT2D eigenvalue weighted by Crippen LogP contribution is -2.13. The van der Waals surface area contributed by atoms with Crippen LogP contribution in [-0.4, -0.2) is 29.5 Å². The quantitative estimate of drug-likeness (QED) is 0.777. The number of ether oxygens (including phenoxy) is 1. The van der Waals surface area contributed by atoms with Crippen molar-refractivity contribution < 1.29 is 9.53 Å². The lowest BCUT2D eigenvalue weighted by atomic mass is 10.3. The van der Waals surface area contributed by atoms with E-state index in [0.29, 0.717) is 12.2 Å². The van der Waals surface area contributed by atoms with Crippen LogP contribution in [0.5, 0.6) is 0 Å². The van der Waals surface area contributed by atoms with Crippen molar-refractivity contribution >= 4 is 11.6 Å². The number of hydrogen-bond donors (Lipinski definition) is 1. The molecule has 1 N–H and O–H groups in total. The number of carbonyl (C=O) groups excluding carboxylic acids is 1. The second-order valence-corrected chi connectivity index (χ2v) is 3.38. The summed E-state index contributed by atoms with van der Waals surface area (Å²) in [4.78, 5) is 15.8. The molecule has 5 heteroatoms. The smallest absolute Gasteiger partial charge is 0.355 e. The van der Waals surface area contributed by atoms with Crippen molar-refractivity contribution in [2.45, 2.75) is 6.54 Å². The number of nitrogens with one attached hydrogen (secondary N) is 1.